The average Bonchev–Trinajstić information content (AvgIpc) is 3.39. The van der Waals surface area contributed by atoms with Crippen LogP contribution in [-0.2, 0) is 0 Å². The number of nitrogens with one attached hydrogen (secondary N) is 1. The van der Waals surface area contributed by atoms with Gasteiger partial charge in [-0.05, 0) is 49.5 Å². The van der Waals surface area contributed by atoms with E-state index in [2.05, 4.69) is 29.5 Å². The highest BCUT2D eigenvalue weighted by atomic mass is 32.1. The van der Waals surface area contributed by atoms with Gasteiger partial charge in [0.05, 0.1) is 24.4 Å². The molecule has 1 atom stereocenters. The van der Waals surface area contributed by atoms with E-state index in [4.69, 9.17) is 4.74 Å². The van der Waals surface area contributed by atoms with Crippen molar-refractivity contribution in [3.8, 4) is 11.5 Å². The lowest BCUT2D eigenvalue weighted by Crippen LogP contribution is -2.32. The molecule has 1 amide bonds. The van der Waals surface area contributed by atoms with Crippen LogP contribution in [0.25, 0.3) is 11.0 Å². The lowest BCUT2D eigenvalue weighted by Gasteiger charge is -2.25. The molecule has 4 aromatic rings. The summed E-state index contributed by atoms with van der Waals surface area (Å²) in [7, 11) is 1.50. The van der Waals surface area contributed by atoms with Gasteiger partial charge in [0.25, 0.3) is 5.91 Å². The standard InChI is InChI=1S/C15H12N4O2S.C7H5F3O.C2H6.CH5N/c20-15(9-3-4-10-12(8-9)19-22-18-10)17-11-5-7-21-13-2-1-6-16-14(11)13;8-7(9,10)11-6-4-2-1-3-5-6;2*1-2/h1-4,6,8,11H,5,7H2,(H,17,20);1-5H;1-2H3;2H2,1H3. The van der Waals surface area contributed by atoms with Crippen LogP contribution >= 0.6 is 11.7 Å². The quantitative estimate of drug-likeness (QED) is 0.355. The van der Waals surface area contributed by atoms with E-state index in [9.17, 15) is 18.0 Å². The number of benzene rings is 2. The Morgan fingerprint density at radius 1 is 1.05 bits per heavy atom. The Morgan fingerprint density at radius 3 is 2.46 bits per heavy atom. The first-order valence-corrected chi connectivity index (χ1v) is 12.1. The molecule has 12 heteroatoms. The largest absolute Gasteiger partial charge is 0.573 e. The van der Waals surface area contributed by atoms with E-state index in [1.807, 2.05) is 32.0 Å². The van der Waals surface area contributed by atoms with Gasteiger partial charge in [0.15, 0.2) is 0 Å². The molecular weight excluding hydrogens is 507 g/mol. The van der Waals surface area contributed by atoms with E-state index in [1.54, 1.807) is 24.4 Å². The van der Waals surface area contributed by atoms with Crippen LogP contribution in [0.2, 0.25) is 0 Å². The van der Waals surface area contributed by atoms with Crippen molar-refractivity contribution in [1.29, 1.82) is 0 Å². The van der Waals surface area contributed by atoms with Crippen molar-refractivity contribution in [1.82, 2.24) is 19.0 Å². The van der Waals surface area contributed by atoms with Crippen LogP contribution in [0.15, 0.2) is 66.9 Å². The molecule has 3 N–H and O–H groups in total. The number of hydrogen-bond acceptors (Lipinski definition) is 8. The molecule has 3 heterocycles. The minimum absolute atomic E-state index is 0.137. The maximum Gasteiger partial charge on any atom is 0.573 e. The monoisotopic (exact) mass is 535 g/mol. The van der Waals surface area contributed by atoms with Gasteiger partial charge < -0.3 is 20.5 Å². The summed E-state index contributed by atoms with van der Waals surface area (Å²) >= 11 is 1.14. The number of rotatable bonds is 3. The highest BCUT2D eigenvalue weighted by Crippen LogP contribution is 2.30. The zero-order valence-electron chi connectivity index (χ0n) is 20.5. The Morgan fingerprint density at radius 2 is 1.76 bits per heavy atom. The summed E-state index contributed by atoms with van der Waals surface area (Å²) < 4.78 is 52.0. The maximum absolute atomic E-state index is 12.5. The van der Waals surface area contributed by atoms with E-state index in [1.165, 1.54) is 31.3 Å². The van der Waals surface area contributed by atoms with Crippen molar-refractivity contribution >= 4 is 28.7 Å². The highest BCUT2D eigenvalue weighted by Gasteiger charge is 2.30. The van der Waals surface area contributed by atoms with E-state index < -0.39 is 6.36 Å². The molecular formula is C25H28F3N5O3S. The van der Waals surface area contributed by atoms with Crippen LogP contribution in [0.5, 0.6) is 11.5 Å². The van der Waals surface area contributed by atoms with Gasteiger partial charge >= 0.3 is 6.36 Å². The van der Waals surface area contributed by atoms with Crippen molar-refractivity contribution in [2.45, 2.75) is 32.7 Å². The molecule has 0 fully saturated rings. The van der Waals surface area contributed by atoms with Crippen LogP contribution in [0.4, 0.5) is 13.2 Å². The number of alkyl halides is 3. The summed E-state index contributed by atoms with van der Waals surface area (Å²) in [4.78, 5) is 16.8. The second kappa shape index (κ2) is 14.7. The van der Waals surface area contributed by atoms with Crippen molar-refractivity contribution < 1.29 is 27.4 Å². The third kappa shape index (κ3) is 8.99. The minimum atomic E-state index is -4.60. The van der Waals surface area contributed by atoms with Crippen LogP contribution in [0.3, 0.4) is 0 Å². The normalized spacial score (nSPS) is 13.6. The van der Waals surface area contributed by atoms with Gasteiger partial charge in [0, 0.05) is 18.2 Å². The van der Waals surface area contributed by atoms with Gasteiger partial charge in [0.2, 0.25) is 0 Å². The number of carbonyl (C=O) groups excluding carboxylic acids is 1. The molecule has 0 saturated heterocycles. The predicted octanol–water partition coefficient (Wildman–Crippen LogP) is 5.53. The molecule has 5 rings (SSSR count). The molecule has 8 nitrogen and oxygen atoms in total. The SMILES string of the molecule is CC.CN.FC(F)(F)Oc1ccccc1.O=C(NC1CCOc2cccnc21)c1ccc2nsnc2c1. The molecule has 37 heavy (non-hydrogen) atoms. The summed E-state index contributed by atoms with van der Waals surface area (Å²) in [6, 6.07) is 15.9. The fourth-order valence-corrected chi connectivity index (χ4v) is 3.65. The van der Waals surface area contributed by atoms with E-state index in [0.29, 0.717) is 18.6 Å². The van der Waals surface area contributed by atoms with Crippen LogP contribution in [-0.4, -0.2) is 39.7 Å². The van der Waals surface area contributed by atoms with Crippen LogP contribution < -0.4 is 20.5 Å². The van der Waals surface area contributed by atoms with Gasteiger partial charge in [0.1, 0.15) is 28.2 Å². The molecule has 0 spiro atoms. The smallest absolute Gasteiger partial charge is 0.491 e. The van der Waals surface area contributed by atoms with Gasteiger partial charge in [-0.3, -0.25) is 9.78 Å². The molecule has 2 aromatic carbocycles. The number of aromatic nitrogens is 3. The molecule has 1 aliphatic rings. The Bertz CT molecular complexity index is 1240. The first kappa shape index (κ1) is 29.5. The first-order chi connectivity index (χ1) is 17.9. The molecule has 198 valence electrons. The van der Waals surface area contributed by atoms with Gasteiger partial charge in [-0.1, -0.05) is 32.0 Å². The maximum atomic E-state index is 12.5. The Labute approximate surface area is 217 Å². The summed E-state index contributed by atoms with van der Waals surface area (Å²) in [6.07, 6.45) is -2.18. The number of nitrogens with zero attached hydrogens (tertiary/aromatic N) is 3. The Hall–Kier alpha value is -3.77. The lowest BCUT2D eigenvalue weighted by molar-refractivity contribution is -0.274. The van der Waals surface area contributed by atoms with Gasteiger partial charge in [-0.15, -0.1) is 13.2 Å². The number of halogens is 3. The number of para-hydroxylation sites is 1. The second-order valence-electron chi connectivity index (χ2n) is 6.88. The summed E-state index contributed by atoms with van der Waals surface area (Å²) in [5.41, 5.74) is 7.39. The molecule has 0 bridgehead atoms. The third-order valence-electron chi connectivity index (χ3n) is 4.59. The number of hydrogen-bond donors (Lipinski definition) is 2. The summed E-state index contributed by atoms with van der Waals surface area (Å²) in [6.45, 7) is 4.57. The number of carbonyl (C=O) groups is 1. The fourth-order valence-electron chi connectivity index (χ4n) is 3.14. The number of nitrogens with two attached hydrogens (primary N) is 1. The second-order valence-corrected chi connectivity index (χ2v) is 7.41. The Balaban J connectivity index is 0.000000272. The number of ether oxygens (including phenoxy) is 2. The van der Waals surface area contributed by atoms with Gasteiger partial charge in [-0.25, -0.2) is 0 Å². The summed E-state index contributed by atoms with van der Waals surface area (Å²) in [5, 5.41) is 3.02. The fraction of sp³-hybridized carbons (Fsp3) is 0.280. The van der Waals surface area contributed by atoms with Crippen LogP contribution in [0.1, 0.15) is 42.4 Å². The van der Waals surface area contributed by atoms with Crippen molar-refractivity contribution in [2.75, 3.05) is 13.7 Å². The predicted molar refractivity (Wildman–Crippen MR) is 137 cm³/mol. The van der Waals surface area contributed by atoms with Gasteiger partial charge in [-0.2, -0.15) is 8.75 Å². The molecule has 1 unspecified atom stereocenters. The number of amides is 1. The number of fused-ring (bicyclic) bond motifs is 2. The van der Waals surface area contributed by atoms with Crippen molar-refractivity contribution in [2.24, 2.45) is 5.73 Å². The first-order valence-electron chi connectivity index (χ1n) is 11.4. The molecule has 0 aliphatic carbocycles. The zero-order valence-corrected chi connectivity index (χ0v) is 21.3. The Kier molecular flexibility index (Phi) is 11.7. The summed E-state index contributed by atoms with van der Waals surface area (Å²) in [5.74, 6) is 0.400. The van der Waals surface area contributed by atoms with Crippen LogP contribution in [0, 0.1) is 0 Å². The zero-order chi connectivity index (χ0) is 27.3. The van der Waals surface area contributed by atoms with Crippen molar-refractivity contribution in [3.63, 3.8) is 0 Å². The number of pyridine rings is 1. The van der Waals surface area contributed by atoms with Crippen molar-refractivity contribution in [3.05, 3.63) is 78.1 Å². The van der Waals surface area contributed by atoms with E-state index in [-0.39, 0.29) is 17.7 Å². The average molecular weight is 536 g/mol. The van der Waals surface area contributed by atoms with E-state index >= 15 is 0 Å². The molecule has 0 saturated carbocycles. The molecule has 1 aliphatic heterocycles. The third-order valence-corrected chi connectivity index (χ3v) is 5.15. The van der Waals surface area contributed by atoms with E-state index in [0.717, 1.165) is 34.2 Å². The lowest BCUT2D eigenvalue weighted by atomic mass is 10.1. The molecule has 0 radical (unpaired) electrons. The highest BCUT2D eigenvalue weighted by molar-refractivity contribution is 7.00. The topological polar surface area (TPSA) is 112 Å². The minimum Gasteiger partial charge on any atom is -0.491 e. The molecule has 2 aromatic heterocycles.